The number of amides is 2. The van der Waals surface area contributed by atoms with Crippen LogP contribution >= 0.6 is 0 Å². The summed E-state index contributed by atoms with van der Waals surface area (Å²) in [5.74, 6) is -1.20. The zero-order valence-corrected chi connectivity index (χ0v) is 10.3. The van der Waals surface area contributed by atoms with Gasteiger partial charge in [0.25, 0.3) is 0 Å². The van der Waals surface area contributed by atoms with E-state index in [9.17, 15) is 19.5 Å². The highest BCUT2D eigenvalue weighted by Gasteiger charge is 2.44. The molecule has 1 saturated heterocycles. The Balaban J connectivity index is 2.67. The van der Waals surface area contributed by atoms with Crippen molar-refractivity contribution in [3.05, 3.63) is 12.7 Å². The minimum Gasteiger partial charge on any atom is -0.480 e. The van der Waals surface area contributed by atoms with Crippen molar-refractivity contribution in [1.82, 2.24) is 10.2 Å². The van der Waals surface area contributed by atoms with Crippen molar-refractivity contribution in [3.63, 3.8) is 0 Å². The van der Waals surface area contributed by atoms with E-state index in [1.807, 2.05) is 0 Å². The van der Waals surface area contributed by atoms with Crippen molar-refractivity contribution in [3.8, 4) is 0 Å². The second-order valence-corrected chi connectivity index (χ2v) is 4.17. The van der Waals surface area contributed by atoms with Gasteiger partial charge in [0, 0.05) is 13.1 Å². The Morgan fingerprint density at radius 3 is 2.32 bits per heavy atom. The van der Waals surface area contributed by atoms with Crippen molar-refractivity contribution >= 4 is 18.2 Å². The monoisotopic (exact) mass is 272 g/mol. The van der Waals surface area contributed by atoms with Gasteiger partial charge in [0.2, 0.25) is 0 Å². The highest BCUT2D eigenvalue weighted by molar-refractivity contribution is 5.84. The Morgan fingerprint density at radius 2 is 1.89 bits per heavy atom. The van der Waals surface area contributed by atoms with Gasteiger partial charge in [-0.15, -0.1) is 0 Å². The third kappa shape index (κ3) is 3.60. The van der Waals surface area contributed by atoms with Gasteiger partial charge in [-0.3, -0.25) is 0 Å². The molecule has 1 rings (SSSR count). The molecule has 0 spiro atoms. The van der Waals surface area contributed by atoms with Gasteiger partial charge in [-0.2, -0.15) is 0 Å². The van der Waals surface area contributed by atoms with Crippen LogP contribution in [0.1, 0.15) is 12.8 Å². The largest absolute Gasteiger partial charge is 0.480 e. The molecule has 8 heteroatoms. The van der Waals surface area contributed by atoms with Crippen LogP contribution in [0.25, 0.3) is 0 Å². The lowest BCUT2D eigenvalue weighted by molar-refractivity contribution is -0.146. The summed E-state index contributed by atoms with van der Waals surface area (Å²) in [7, 11) is 0. The molecule has 2 amide bonds. The molecule has 0 aromatic rings. The molecular formula is C11H16N2O6. The number of carbonyl (C=O) groups excluding carboxylic acids is 1. The topological polar surface area (TPSA) is 116 Å². The summed E-state index contributed by atoms with van der Waals surface area (Å²) in [6.45, 7) is 3.43. The number of likely N-dealkylation sites (tertiary alicyclic amines) is 1. The minimum absolute atomic E-state index is 0.00216. The van der Waals surface area contributed by atoms with Gasteiger partial charge < -0.3 is 25.2 Å². The number of hydrogen-bond donors (Lipinski definition) is 3. The molecule has 1 aliphatic rings. The van der Waals surface area contributed by atoms with Crippen LogP contribution in [0.5, 0.6) is 0 Å². The van der Waals surface area contributed by atoms with Crippen molar-refractivity contribution < 1.29 is 29.3 Å². The van der Waals surface area contributed by atoms with Crippen LogP contribution < -0.4 is 5.32 Å². The summed E-state index contributed by atoms with van der Waals surface area (Å²) >= 11 is 0. The van der Waals surface area contributed by atoms with E-state index in [2.05, 4.69) is 16.6 Å². The third-order valence-electron chi connectivity index (χ3n) is 2.97. The van der Waals surface area contributed by atoms with Gasteiger partial charge in [0.1, 0.15) is 12.1 Å². The lowest BCUT2D eigenvalue weighted by Crippen LogP contribution is -2.60. The van der Waals surface area contributed by atoms with E-state index in [1.54, 1.807) is 0 Å². The highest BCUT2D eigenvalue weighted by Crippen LogP contribution is 2.23. The third-order valence-corrected chi connectivity index (χ3v) is 2.97. The van der Waals surface area contributed by atoms with Gasteiger partial charge in [0.15, 0.2) is 0 Å². The van der Waals surface area contributed by atoms with E-state index in [-0.39, 0.29) is 32.5 Å². The molecule has 106 valence electrons. The number of ether oxygens (including phenoxy) is 1. The van der Waals surface area contributed by atoms with Crippen LogP contribution in [0, 0.1) is 0 Å². The normalized spacial score (nSPS) is 17.4. The molecule has 0 aliphatic carbocycles. The van der Waals surface area contributed by atoms with Crippen LogP contribution in [0.3, 0.4) is 0 Å². The zero-order chi connectivity index (χ0) is 14.5. The standard InChI is InChI=1S/C11H16N2O6/c1-2-7-19-9(16)12-11(8(14)15)3-5-13(6-4-11)10(17)18/h2H,1,3-7H2,(H,12,16)(H,14,15)(H,17,18). The van der Waals surface area contributed by atoms with E-state index < -0.39 is 23.7 Å². The molecular weight excluding hydrogens is 256 g/mol. The average molecular weight is 272 g/mol. The molecule has 19 heavy (non-hydrogen) atoms. The second-order valence-electron chi connectivity index (χ2n) is 4.17. The summed E-state index contributed by atoms with van der Waals surface area (Å²) in [6.07, 6.45) is -0.602. The van der Waals surface area contributed by atoms with Gasteiger partial charge in [-0.1, -0.05) is 12.7 Å². The van der Waals surface area contributed by atoms with Crippen molar-refractivity contribution in [2.24, 2.45) is 0 Å². The van der Waals surface area contributed by atoms with Crippen molar-refractivity contribution in [1.29, 1.82) is 0 Å². The molecule has 0 radical (unpaired) electrons. The maximum Gasteiger partial charge on any atom is 0.408 e. The number of rotatable bonds is 4. The predicted octanol–water partition coefficient (Wildman–Crippen LogP) is 0.496. The number of carboxylic acids is 1. The number of alkyl carbamates (subject to hydrolysis) is 1. The molecule has 0 bridgehead atoms. The second kappa shape index (κ2) is 6.07. The Morgan fingerprint density at radius 1 is 1.32 bits per heavy atom. The van der Waals surface area contributed by atoms with E-state index in [1.165, 1.54) is 6.08 Å². The maximum atomic E-state index is 11.4. The quantitative estimate of drug-likeness (QED) is 0.641. The lowest BCUT2D eigenvalue weighted by Gasteiger charge is -2.37. The summed E-state index contributed by atoms with van der Waals surface area (Å²) in [6, 6.07) is 0. The lowest BCUT2D eigenvalue weighted by atomic mass is 9.88. The molecule has 8 nitrogen and oxygen atoms in total. The number of hydrogen-bond acceptors (Lipinski definition) is 4. The number of carbonyl (C=O) groups is 3. The predicted molar refractivity (Wildman–Crippen MR) is 63.9 cm³/mol. The van der Waals surface area contributed by atoms with Crippen molar-refractivity contribution in [2.75, 3.05) is 19.7 Å². The SMILES string of the molecule is C=CCOC(=O)NC1(C(=O)O)CCN(C(=O)O)CC1. The zero-order valence-electron chi connectivity index (χ0n) is 10.3. The fourth-order valence-electron chi connectivity index (χ4n) is 1.84. The number of carboxylic acid groups (broad SMARTS) is 2. The van der Waals surface area contributed by atoms with Crippen LogP contribution in [0.2, 0.25) is 0 Å². The molecule has 0 unspecified atom stereocenters. The van der Waals surface area contributed by atoms with Crippen molar-refractivity contribution in [2.45, 2.75) is 18.4 Å². The Bertz CT molecular complexity index is 387. The fourth-order valence-corrected chi connectivity index (χ4v) is 1.84. The van der Waals surface area contributed by atoms with E-state index in [4.69, 9.17) is 5.11 Å². The molecule has 1 fully saturated rings. The first kappa shape index (κ1) is 14.8. The minimum atomic E-state index is -1.48. The molecule has 1 aliphatic heterocycles. The number of piperidine rings is 1. The van der Waals surface area contributed by atoms with Gasteiger partial charge in [-0.05, 0) is 12.8 Å². The molecule has 0 atom stereocenters. The van der Waals surface area contributed by atoms with Crippen LogP contribution in [-0.4, -0.2) is 58.5 Å². The van der Waals surface area contributed by atoms with Gasteiger partial charge >= 0.3 is 18.2 Å². The summed E-state index contributed by atoms with van der Waals surface area (Å²) in [5, 5.41) is 20.3. The summed E-state index contributed by atoms with van der Waals surface area (Å²) in [4.78, 5) is 34.6. The van der Waals surface area contributed by atoms with E-state index in [0.29, 0.717) is 0 Å². The summed E-state index contributed by atoms with van der Waals surface area (Å²) in [5.41, 5.74) is -1.48. The van der Waals surface area contributed by atoms with E-state index in [0.717, 1.165) is 4.90 Å². The summed E-state index contributed by atoms with van der Waals surface area (Å²) < 4.78 is 4.68. The van der Waals surface area contributed by atoms with Gasteiger partial charge in [0.05, 0.1) is 0 Å². The smallest absolute Gasteiger partial charge is 0.408 e. The molecule has 0 aromatic carbocycles. The molecule has 0 aromatic heterocycles. The van der Waals surface area contributed by atoms with Crippen LogP contribution in [0.4, 0.5) is 9.59 Å². The molecule has 1 heterocycles. The number of aliphatic carboxylic acids is 1. The van der Waals surface area contributed by atoms with E-state index >= 15 is 0 Å². The van der Waals surface area contributed by atoms with Crippen LogP contribution in [-0.2, 0) is 9.53 Å². The Kier molecular flexibility index (Phi) is 4.74. The fraction of sp³-hybridized carbons (Fsp3) is 0.545. The Hall–Kier alpha value is -2.25. The number of nitrogens with zero attached hydrogens (tertiary/aromatic N) is 1. The average Bonchev–Trinajstić information content (AvgIpc) is 2.36. The number of nitrogens with one attached hydrogen (secondary N) is 1. The van der Waals surface area contributed by atoms with Crippen LogP contribution in [0.15, 0.2) is 12.7 Å². The highest BCUT2D eigenvalue weighted by atomic mass is 16.5. The Labute approximate surface area is 109 Å². The molecule has 0 saturated carbocycles. The first-order valence-electron chi connectivity index (χ1n) is 5.68. The molecule has 3 N–H and O–H groups in total. The first-order chi connectivity index (χ1) is 8.91. The first-order valence-corrected chi connectivity index (χ1v) is 5.68. The van der Waals surface area contributed by atoms with Gasteiger partial charge in [-0.25, -0.2) is 14.4 Å². The maximum absolute atomic E-state index is 11.4.